The Morgan fingerprint density at radius 1 is 1.23 bits per heavy atom. The van der Waals surface area contributed by atoms with Crippen LogP contribution in [-0.4, -0.2) is 72.0 Å². The monoisotopic (exact) mass is 359 g/mol. The van der Waals surface area contributed by atoms with Crippen molar-refractivity contribution in [2.75, 3.05) is 45.2 Å². The lowest BCUT2D eigenvalue weighted by Gasteiger charge is -2.27. The maximum Gasteiger partial charge on any atom is 0.257 e. The molecule has 0 aromatic carbocycles. The standard InChI is InChI=1S/C20H33N5O/c1-5-9-16-13-25(14-18(16)23(3)4)19(26)17-12-21-20(22-15(17)2)24-10-7-6-8-11-24/h12,16,18H,5-11,13-14H2,1-4H3. The van der Waals surface area contributed by atoms with E-state index in [1.807, 2.05) is 11.8 Å². The van der Waals surface area contributed by atoms with Gasteiger partial charge in [-0.1, -0.05) is 13.3 Å². The molecule has 0 saturated carbocycles. The van der Waals surface area contributed by atoms with Crippen LogP contribution in [0.3, 0.4) is 0 Å². The fourth-order valence-electron chi connectivity index (χ4n) is 4.34. The molecule has 3 heterocycles. The molecule has 0 spiro atoms. The second-order valence-electron chi connectivity index (χ2n) is 8.01. The highest BCUT2D eigenvalue weighted by Crippen LogP contribution is 2.27. The van der Waals surface area contributed by atoms with E-state index in [9.17, 15) is 4.79 Å². The van der Waals surface area contributed by atoms with E-state index in [0.29, 0.717) is 17.5 Å². The van der Waals surface area contributed by atoms with E-state index in [0.717, 1.165) is 50.7 Å². The van der Waals surface area contributed by atoms with Crippen LogP contribution in [0, 0.1) is 12.8 Å². The van der Waals surface area contributed by atoms with Gasteiger partial charge in [-0.3, -0.25) is 4.79 Å². The summed E-state index contributed by atoms with van der Waals surface area (Å²) >= 11 is 0. The van der Waals surface area contributed by atoms with Crippen molar-refractivity contribution in [1.29, 1.82) is 0 Å². The average Bonchev–Trinajstić information content (AvgIpc) is 3.06. The smallest absolute Gasteiger partial charge is 0.257 e. The molecule has 0 radical (unpaired) electrons. The summed E-state index contributed by atoms with van der Waals surface area (Å²) in [5.41, 5.74) is 1.45. The molecule has 2 aliphatic heterocycles. The zero-order valence-electron chi connectivity index (χ0n) is 16.7. The Hall–Kier alpha value is -1.69. The summed E-state index contributed by atoms with van der Waals surface area (Å²) in [5.74, 6) is 1.40. The van der Waals surface area contributed by atoms with Crippen molar-refractivity contribution in [3.8, 4) is 0 Å². The van der Waals surface area contributed by atoms with E-state index >= 15 is 0 Å². The number of nitrogens with zero attached hydrogens (tertiary/aromatic N) is 5. The van der Waals surface area contributed by atoms with Gasteiger partial charge < -0.3 is 14.7 Å². The zero-order chi connectivity index (χ0) is 18.7. The summed E-state index contributed by atoms with van der Waals surface area (Å²) < 4.78 is 0. The molecule has 144 valence electrons. The van der Waals surface area contributed by atoms with Gasteiger partial charge in [0.05, 0.1) is 11.3 Å². The van der Waals surface area contributed by atoms with Gasteiger partial charge in [-0.15, -0.1) is 0 Å². The minimum absolute atomic E-state index is 0.0816. The summed E-state index contributed by atoms with van der Waals surface area (Å²) in [4.78, 5) is 28.8. The van der Waals surface area contributed by atoms with Crippen molar-refractivity contribution in [3.05, 3.63) is 17.5 Å². The first-order valence-electron chi connectivity index (χ1n) is 10.1. The van der Waals surface area contributed by atoms with Crippen LogP contribution in [0.2, 0.25) is 0 Å². The number of likely N-dealkylation sites (tertiary alicyclic amines) is 1. The van der Waals surface area contributed by atoms with Crippen LogP contribution in [-0.2, 0) is 0 Å². The summed E-state index contributed by atoms with van der Waals surface area (Å²) in [5, 5.41) is 0. The molecule has 6 heteroatoms. The summed E-state index contributed by atoms with van der Waals surface area (Å²) in [6.07, 6.45) is 7.74. The number of hydrogen-bond donors (Lipinski definition) is 0. The van der Waals surface area contributed by atoms with E-state index in [4.69, 9.17) is 0 Å². The molecule has 2 aliphatic rings. The van der Waals surface area contributed by atoms with Crippen molar-refractivity contribution >= 4 is 11.9 Å². The molecule has 0 N–H and O–H groups in total. The van der Waals surface area contributed by atoms with Crippen molar-refractivity contribution in [3.63, 3.8) is 0 Å². The number of carbonyl (C=O) groups excluding carboxylic acids is 1. The molecule has 0 aliphatic carbocycles. The van der Waals surface area contributed by atoms with Crippen LogP contribution in [0.1, 0.15) is 55.1 Å². The van der Waals surface area contributed by atoms with Crippen LogP contribution < -0.4 is 4.90 Å². The summed E-state index contributed by atoms with van der Waals surface area (Å²) in [6.45, 7) is 7.82. The Labute approximate surface area is 157 Å². The number of carbonyl (C=O) groups is 1. The first kappa shape index (κ1) is 19.1. The largest absolute Gasteiger partial charge is 0.341 e. The van der Waals surface area contributed by atoms with Gasteiger partial charge in [-0.2, -0.15) is 0 Å². The van der Waals surface area contributed by atoms with Crippen molar-refractivity contribution in [2.24, 2.45) is 5.92 Å². The molecule has 2 saturated heterocycles. The third-order valence-corrected chi connectivity index (χ3v) is 5.85. The highest BCUT2D eigenvalue weighted by atomic mass is 16.2. The fraction of sp³-hybridized carbons (Fsp3) is 0.750. The highest BCUT2D eigenvalue weighted by Gasteiger charge is 2.36. The molecule has 2 fully saturated rings. The first-order chi connectivity index (χ1) is 12.5. The molecule has 1 aromatic rings. The molecule has 2 atom stereocenters. The Balaban J connectivity index is 1.73. The topological polar surface area (TPSA) is 52.6 Å². The Bertz CT molecular complexity index is 627. The quantitative estimate of drug-likeness (QED) is 0.809. The molecule has 6 nitrogen and oxygen atoms in total. The Kier molecular flexibility index (Phi) is 6.12. The van der Waals surface area contributed by atoms with Crippen LogP contribution >= 0.6 is 0 Å². The lowest BCUT2D eigenvalue weighted by atomic mass is 9.98. The second-order valence-corrected chi connectivity index (χ2v) is 8.01. The minimum atomic E-state index is 0.0816. The van der Waals surface area contributed by atoms with E-state index in [2.05, 4.69) is 40.8 Å². The second kappa shape index (κ2) is 8.33. The van der Waals surface area contributed by atoms with E-state index in [-0.39, 0.29) is 5.91 Å². The Morgan fingerprint density at radius 3 is 2.58 bits per heavy atom. The predicted molar refractivity (Wildman–Crippen MR) is 105 cm³/mol. The van der Waals surface area contributed by atoms with Crippen molar-refractivity contribution < 1.29 is 4.79 Å². The average molecular weight is 360 g/mol. The third-order valence-electron chi connectivity index (χ3n) is 5.85. The van der Waals surface area contributed by atoms with Gasteiger partial charge in [0.2, 0.25) is 5.95 Å². The molecule has 2 unspecified atom stereocenters. The number of likely N-dealkylation sites (N-methyl/N-ethyl adjacent to an activating group) is 1. The minimum Gasteiger partial charge on any atom is -0.341 e. The number of aryl methyl sites for hydroxylation is 1. The lowest BCUT2D eigenvalue weighted by Crippen LogP contribution is -2.36. The number of hydrogen-bond acceptors (Lipinski definition) is 5. The fourth-order valence-corrected chi connectivity index (χ4v) is 4.34. The van der Waals surface area contributed by atoms with Gasteiger partial charge in [0, 0.05) is 38.4 Å². The predicted octanol–water partition coefficient (Wildman–Crippen LogP) is 2.58. The third kappa shape index (κ3) is 4.00. The SMILES string of the molecule is CCCC1CN(C(=O)c2cnc(N3CCCCC3)nc2C)CC1N(C)C. The maximum atomic E-state index is 13.1. The zero-order valence-corrected chi connectivity index (χ0v) is 16.7. The van der Waals surface area contributed by atoms with Crippen LogP contribution in [0.15, 0.2) is 6.20 Å². The maximum absolute atomic E-state index is 13.1. The van der Waals surface area contributed by atoms with Gasteiger partial charge in [0.25, 0.3) is 5.91 Å². The first-order valence-corrected chi connectivity index (χ1v) is 10.1. The van der Waals surface area contributed by atoms with Gasteiger partial charge in [-0.05, 0) is 52.6 Å². The van der Waals surface area contributed by atoms with E-state index in [1.54, 1.807) is 6.20 Å². The number of aromatic nitrogens is 2. The molecule has 26 heavy (non-hydrogen) atoms. The lowest BCUT2D eigenvalue weighted by molar-refractivity contribution is 0.0779. The molecule has 3 rings (SSSR count). The number of anilines is 1. The van der Waals surface area contributed by atoms with Crippen molar-refractivity contribution in [1.82, 2.24) is 19.8 Å². The van der Waals surface area contributed by atoms with Gasteiger partial charge in [0.15, 0.2) is 0 Å². The Morgan fingerprint density at radius 2 is 1.96 bits per heavy atom. The molecule has 1 amide bonds. The van der Waals surface area contributed by atoms with Crippen molar-refractivity contribution in [2.45, 2.75) is 52.0 Å². The number of piperidine rings is 1. The van der Waals surface area contributed by atoms with E-state index in [1.165, 1.54) is 19.3 Å². The summed E-state index contributed by atoms with van der Waals surface area (Å²) in [6, 6.07) is 0.438. The van der Waals surface area contributed by atoms with E-state index < -0.39 is 0 Å². The number of rotatable bonds is 5. The molecule has 0 bridgehead atoms. The normalized spacial score (nSPS) is 23.7. The van der Waals surface area contributed by atoms with Crippen LogP contribution in [0.5, 0.6) is 0 Å². The van der Waals surface area contributed by atoms with Gasteiger partial charge >= 0.3 is 0 Å². The van der Waals surface area contributed by atoms with Crippen LogP contribution in [0.4, 0.5) is 5.95 Å². The number of amides is 1. The van der Waals surface area contributed by atoms with Gasteiger partial charge in [0.1, 0.15) is 0 Å². The summed E-state index contributed by atoms with van der Waals surface area (Å²) in [7, 11) is 4.23. The molecular weight excluding hydrogens is 326 g/mol. The molecular formula is C20H33N5O. The van der Waals surface area contributed by atoms with Crippen LogP contribution in [0.25, 0.3) is 0 Å². The molecule has 1 aromatic heterocycles. The highest BCUT2D eigenvalue weighted by molar-refractivity contribution is 5.95. The van der Waals surface area contributed by atoms with Gasteiger partial charge in [-0.25, -0.2) is 9.97 Å².